The van der Waals surface area contributed by atoms with Gasteiger partial charge in [0.2, 0.25) is 0 Å². The maximum atomic E-state index is 12.6. The molecule has 0 aliphatic carbocycles. The molecule has 1 aromatic carbocycles. The van der Waals surface area contributed by atoms with Gasteiger partial charge in [-0.1, -0.05) is 6.58 Å². The molecule has 3 rings (SSSR count). The predicted octanol–water partition coefficient (Wildman–Crippen LogP) is 1.02. The molecule has 1 aromatic rings. The molecule has 8 heteroatoms. The van der Waals surface area contributed by atoms with E-state index in [1.807, 2.05) is 13.0 Å². The van der Waals surface area contributed by atoms with E-state index in [1.165, 1.54) is 0 Å². The molecule has 0 spiro atoms. The molecule has 2 aliphatic heterocycles. The molecule has 0 saturated heterocycles. The SMILES string of the molecule is C=C1NC(=O)NC(C(=O)NC2CC(C)Oc3cc(OC)ccc32)=C1N. The molecule has 2 heterocycles. The lowest BCUT2D eigenvalue weighted by molar-refractivity contribution is -0.118. The van der Waals surface area contributed by atoms with Crippen molar-refractivity contribution in [2.45, 2.75) is 25.5 Å². The van der Waals surface area contributed by atoms with Crippen molar-refractivity contribution in [3.63, 3.8) is 0 Å². The van der Waals surface area contributed by atoms with Crippen LogP contribution in [0.4, 0.5) is 4.79 Å². The summed E-state index contributed by atoms with van der Waals surface area (Å²) in [5, 5.41) is 7.73. The van der Waals surface area contributed by atoms with Crippen LogP contribution < -0.4 is 31.2 Å². The summed E-state index contributed by atoms with van der Waals surface area (Å²) in [5.41, 5.74) is 6.98. The lowest BCUT2D eigenvalue weighted by atomic mass is 9.96. The molecule has 0 bridgehead atoms. The van der Waals surface area contributed by atoms with Crippen LogP contribution in [0.25, 0.3) is 0 Å². The van der Waals surface area contributed by atoms with E-state index < -0.39 is 11.9 Å². The Bertz CT molecular complexity index is 787. The number of methoxy groups -OCH3 is 1. The number of amides is 3. The third-order valence-corrected chi connectivity index (χ3v) is 4.12. The molecule has 5 N–H and O–H groups in total. The summed E-state index contributed by atoms with van der Waals surface area (Å²) in [6.07, 6.45) is 0.500. The van der Waals surface area contributed by atoms with Gasteiger partial charge in [-0.3, -0.25) is 4.79 Å². The lowest BCUT2D eigenvalue weighted by Gasteiger charge is -2.32. The fraction of sp³-hybridized carbons (Fsp3) is 0.294. The fourth-order valence-electron chi connectivity index (χ4n) is 2.87. The first-order valence-corrected chi connectivity index (χ1v) is 7.81. The standard InChI is InChI=1S/C17H20N4O4/c1-8-6-12(11-5-4-10(24-3)7-13(11)25-8)20-16(22)15-14(18)9(2)19-17(23)21-15/h4-5,7-8,12H,2,6,18H2,1,3H3,(H,20,22)(H2,19,21,23). The van der Waals surface area contributed by atoms with Crippen LogP contribution in [0, 0.1) is 0 Å². The van der Waals surface area contributed by atoms with Gasteiger partial charge in [0.1, 0.15) is 17.2 Å². The van der Waals surface area contributed by atoms with Crippen LogP contribution in [0.3, 0.4) is 0 Å². The number of benzene rings is 1. The molecule has 2 unspecified atom stereocenters. The minimum atomic E-state index is -0.546. The third-order valence-electron chi connectivity index (χ3n) is 4.12. The highest BCUT2D eigenvalue weighted by atomic mass is 16.5. The second-order valence-corrected chi connectivity index (χ2v) is 5.94. The summed E-state index contributed by atoms with van der Waals surface area (Å²) >= 11 is 0. The van der Waals surface area contributed by atoms with Gasteiger partial charge in [0.05, 0.1) is 30.6 Å². The number of hydrogen-bond acceptors (Lipinski definition) is 5. The van der Waals surface area contributed by atoms with E-state index in [0.29, 0.717) is 17.9 Å². The Kier molecular flexibility index (Phi) is 4.26. The predicted molar refractivity (Wildman–Crippen MR) is 90.6 cm³/mol. The highest BCUT2D eigenvalue weighted by Crippen LogP contribution is 2.37. The average Bonchev–Trinajstić information content (AvgIpc) is 2.57. The van der Waals surface area contributed by atoms with Crippen molar-refractivity contribution < 1.29 is 19.1 Å². The molecule has 2 aliphatic rings. The van der Waals surface area contributed by atoms with Crippen molar-refractivity contribution in [2.75, 3.05) is 7.11 Å². The fourth-order valence-corrected chi connectivity index (χ4v) is 2.87. The Morgan fingerprint density at radius 1 is 1.44 bits per heavy atom. The maximum Gasteiger partial charge on any atom is 0.323 e. The average molecular weight is 344 g/mol. The van der Waals surface area contributed by atoms with Gasteiger partial charge in [-0.2, -0.15) is 0 Å². The minimum Gasteiger partial charge on any atom is -0.497 e. The first-order valence-electron chi connectivity index (χ1n) is 7.81. The second kappa shape index (κ2) is 6.39. The molecule has 25 heavy (non-hydrogen) atoms. The lowest BCUT2D eigenvalue weighted by Crippen LogP contribution is -2.48. The van der Waals surface area contributed by atoms with Crippen molar-refractivity contribution in [3.8, 4) is 11.5 Å². The van der Waals surface area contributed by atoms with Gasteiger partial charge in [0, 0.05) is 18.1 Å². The van der Waals surface area contributed by atoms with Crippen LogP contribution in [0.1, 0.15) is 24.9 Å². The highest BCUT2D eigenvalue weighted by Gasteiger charge is 2.30. The van der Waals surface area contributed by atoms with Gasteiger partial charge in [-0.05, 0) is 19.1 Å². The smallest absolute Gasteiger partial charge is 0.323 e. The molecular formula is C17H20N4O4. The number of nitrogens with two attached hydrogens (primary N) is 1. The van der Waals surface area contributed by atoms with Crippen molar-refractivity contribution in [1.82, 2.24) is 16.0 Å². The van der Waals surface area contributed by atoms with Gasteiger partial charge in [-0.25, -0.2) is 4.79 Å². The second-order valence-electron chi connectivity index (χ2n) is 5.94. The van der Waals surface area contributed by atoms with Crippen LogP contribution in [0.5, 0.6) is 11.5 Å². The number of rotatable bonds is 3. The third kappa shape index (κ3) is 3.23. The summed E-state index contributed by atoms with van der Waals surface area (Å²) in [6.45, 7) is 5.54. The molecule has 8 nitrogen and oxygen atoms in total. The Labute approximate surface area is 145 Å². The monoisotopic (exact) mass is 344 g/mol. The van der Waals surface area contributed by atoms with Crippen molar-refractivity contribution in [2.24, 2.45) is 5.73 Å². The number of carbonyl (C=O) groups excluding carboxylic acids is 2. The van der Waals surface area contributed by atoms with E-state index >= 15 is 0 Å². The zero-order chi connectivity index (χ0) is 18.1. The molecule has 0 aromatic heterocycles. The van der Waals surface area contributed by atoms with Gasteiger partial charge >= 0.3 is 6.03 Å². The largest absolute Gasteiger partial charge is 0.497 e. The van der Waals surface area contributed by atoms with E-state index in [9.17, 15) is 9.59 Å². The molecule has 3 amide bonds. The van der Waals surface area contributed by atoms with E-state index in [0.717, 1.165) is 5.56 Å². The Balaban J connectivity index is 1.86. The molecule has 0 saturated carbocycles. The number of fused-ring (bicyclic) bond motifs is 1. The Hall–Kier alpha value is -3.16. The number of urea groups is 1. The highest BCUT2D eigenvalue weighted by molar-refractivity contribution is 6.00. The van der Waals surface area contributed by atoms with Crippen LogP contribution in [-0.4, -0.2) is 25.2 Å². The number of nitrogens with one attached hydrogen (secondary N) is 3. The van der Waals surface area contributed by atoms with Crippen LogP contribution >= 0.6 is 0 Å². The Morgan fingerprint density at radius 2 is 2.20 bits per heavy atom. The van der Waals surface area contributed by atoms with E-state index in [4.69, 9.17) is 15.2 Å². The van der Waals surface area contributed by atoms with E-state index in [-0.39, 0.29) is 29.2 Å². The number of carbonyl (C=O) groups is 2. The number of hydrogen-bond donors (Lipinski definition) is 4. The van der Waals surface area contributed by atoms with E-state index in [2.05, 4.69) is 22.5 Å². The summed E-state index contributed by atoms with van der Waals surface area (Å²) in [5.74, 6) is 0.852. The molecule has 132 valence electrons. The van der Waals surface area contributed by atoms with Crippen molar-refractivity contribution in [1.29, 1.82) is 0 Å². The molecule has 2 atom stereocenters. The van der Waals surface area contributed by atoms with Gasteiger partial charge in [0.25, 0.3) is 5.91 Å². The first kappa shape index (κ1) is 16.7. The summed E-state index contributed by atoms with van der Waals surface area (Å²) in [4.78, 5) is 24.2. The van der Waals surface area contributed by atoms with Gasteiger partial charge in [-0.15, -0.1) is 0 Å². The summed E-state index contributed by atoms with van der Waals surface area (Å²) in [7, 11) is 1.58. The number of ether oxygens (including phenoxy) is 2. The van der Waals surface area contributed by atoms with Crippen LogP contribution in [-0.2, 0) is 4.79 Å². The van der Waals surface area contributed by atoms with Crippen LogP contribution in [0.15, 0.2) is 41.9 Å². The van der Waals surface area contributed by atoms with Gasteiger partial charge in [0.15, 0.2) is 0 Å². The molecule has 0 radical (unpaired) electrons. The van der Waals surface area contributed by atoms with E-state index in [1.54, 1.807) is 19.2 Å². The normalized spacial score (nSPS) is 22.3. The molecular weight excluding hydrogens is 324 g/mol. The Morgan fingerprint density at radius 3 is 2.92 bits per heavy atom. The first-order chi connectivity index (χ1) is 11.9. The van der Waals surface area contributed by atoms with Crippen molar-refractivity contribution >= 4 is 11.9 Å². The minimum absolute atomic E-state index is 0.0112. The van der Waals surface area contributed by atoms with Crippen molar-refractivity contribution in [3.05, 3.63) is 47.4 Å². The zero-order valence-electron chi connectivity index (χ0n) is 14.0. The van der Waals surface area contributed by atoms with Crippen LogP contribution in [0.2, 0.25) is 0 Å². The topological polar surface area (TPSA) is 115 Å². The molecule has 0 fully saturated rings. The zero-order valence-corrected chi connectivity index (χ0v) is 14.0. The maximum absolute atomic E-state index is 12.6. The van der Waals surface area contributed by atoms with Gasteiger partial charge < -0.3 is 31.2 Å². The summed E-state index contributed by atoms with van der Waals surface area (Å²) < 4.78 is 11.0. The quantitative estimate of drug-likeness (QED) is 0.654. The summed E-state index contributed by atoms with van der Waals surface area (Å²) in [6, 6.07) is 4.61.